The third-order valence-electron chi connectivity index (χ3n) is 10.5. The summed E-state index contributed by atoms with van der Waals surface area (Å²) in [6, 6.07) is 8.77. The predicted octanol–water partition coefficient (Wildman–Crippen LogP) is -0.374. The molecule has 0 saturated carbocycles. The molecule has 0 saturated heterocycles. The molecule has 0 aliphatic heterocycles. The minimum Gasteiger partial charge on any atom is -0.426 e. The van der Waals surface area contributed by atoms with Gasteiger partial charge in [-0.05, 0) is 82.2 Å². The summed E-state index contributed by atoms with van der Waals surface area (Å²) in [5.41, 5.74) is 7.82. The van der Waals surface area contributed by atoms with E-state index in [4.69, 9.17) is 5.73 Å². The second-order valence-electron chi connectivity index (χ2n) is 16.2. The van der Waals surface area contributed by atoms with Gasteiger partial charge in [-0.2, -0.15) is 5.06 Å². The molecule has 0 aromatic heterocycles. The molecule has 2 aromatic carbocycles. The van der Waals surface area contributed by atoms with Gasteiger partial charge < -0.3 is 57.6 Å². The monoisotopic (exact) mass is 868 g/mol. The molecule has 0 radical (unpaired) electrons. The maximum atomic E-state index is 13.4. The van der Waals surface area contributed by atoms with Crippen LogP contribution in [0.1, 0.15) is 90.6 Å². The number of rotatable bonds is 24. The van der Waals surface area contributed by atoms with Crippen molar-refractivity contribution < 1.29 is 53.9 Å². The number of aryl methyl sites for hydroxylation is 1. The number of aliphatic hydroxyl groups is 1. The third kappa shape index (κ3) is 15.6. The number of likely N-dealkylation sites (N-methyl/N-ethyl adjacent to an activating group) is 1. The maximum absolute atomic E-state index is 13.4. The van der Waals surface area contributed by atoms with Crippen LogP contribution in [0.15, 0.2) is 48.5 Å². The van der Waals surface area contributed by atoms with Gasteiger partial charge in [0, 0.05) is 19.0 Å². The van der Waals surface area contributed by atoms with Crippen molar-refractivity contribution in [2.24, 2.45) is 11.7 Å². The lowest BCUT2D eigenvalue weighted by Gasteiger charge is -2.39. The topological polar surface area (TPSA) is 293 Å². The highest BCUT2D eigenvalue weighted by Crippen LogP contribution is 2.22. The summed E-state index contributed by atoms with van der Waals surface area (Å²) >= 11 is 0. The van der Waals surface area contributed by atoms with Crippen LogP contribution in [0.4, 0.5) is 0 Å². The second-order valence-corrected chi connectivity index (χ2v) is 16.2. The number of nitrogens with two attached hydrogens (primary N) is 1. The molecular weight excluding hydrogens is 803 g/mol. The highest BCUT2D eigenvalue weighted by Gasteiger charge is 2.39. The van der Waals surface area contributed by atoms with Crippen LogP contribution in [-0.2, 0) is 35.2 Å². The Hall–Kier alpha value is -5.25. The largest absolute Gasteiger partial charge is 0.472 e. The van der Waals surface area contributed by atoms with Gasteiger partial charge in [0.15, 0.2) is 5.78 Å². The van der Waals surface area contributed by atoms with Crippen LogP contribution < -0.4 is 32.3 Å². The SMILES string of the molecule is CCCCc1ccc(-c2ccc(C(=O)N[C@H](CO)C(=O)N[C@H](C)C(=O)NCC(=O)N(C)[C@H](C(=O)N[C@@H](C)C(=O)N[C@@H](CC(C)(N)N(O)[C@@H](C)B(O)O)C(C)=O)C(C)C)cc2)cc1. The van der Waals surface area contributed by atoms with Gasteiger partial charge in [0.1, 0.15) is 24.2 Å². The average Bonchev–Trinajstić information content (AvgIpc) is 3.22. The van der Waals surface area contributed by atoms with Crippen molar-refractivity contribution in [3.05, 3.63) is 59.7 Å². The zero-order chi connectivity index (χ0) is 47.1. The molecule has 6 amide bonds. The van der Waals surface area contributed by atoms with Crippen molar-refractivity contribution in [2.75, 3.05) is 20.2 Å². The summed E-state index contributed by atoms with van der Waals surface area (Å²) in [4.78, 5) is 92.1. The van der Waals surface area contributed by atoms with E-state index in [1.165, 1.54) is 47.2 Å². The lowest BCUT2D eigenvalue weighted by Crippen LogP contribution is -2.63. The first kappa shape index (κ1) is 52.9. The summed E-state index contributed by atoms with van der Waals surface area (Å²) in [6.07, 6.45) is 2.88. The molecular formula is C42H65BN8O11. The Bertz CT molecular complexity index is 1850. The van der Waals surface area contributed by atoms with E-state index in [1.807, 2.05) is 12.1 Å². The van der Waals surface area contributed by atoms with E-state index in [9.17, 15) is 53.9 Å². The number of ketones is 1. The third-order valence-corrected chi connectivity index (χ3v) is 10.5. The number of hydrogen-bond acceptors (Lipinski definition) is 13. The summed E-state index contributed by atoms with van der Waals surface area (Å²) in [5.74, 6) is -6.68. The van der Waals surface area contributed by atoms with E-state index >= 15 is 0 Å². The molecule has 19 nitrogen and oxygen atoms in total. The van der Waals surface area contributed by atoms with Crippen LogP contribution in [-0.4, -0.2) is 141 Å². The normalized spacial score (nSPS) is 15.2. The number of carbonyl (C=O) groups is 7. The fourth-order valence-electron chi connectivity index (χ4n) is 6.45. The van der Waals surface area contributed by atoms with E-state index in [1.54, 1.807) is 38.1 Å². The Balaban J connectivity index is 1.95. The first-order chi connectivity index (χ1) is 28.9. The Kier molecular flexibility index (Phi) is 20.8. The molecule has 11 N–H and O–H groups in total. The lowest BCUT2D eigenvalue weighted by atomic mass is 9.79. The van der Waals surface area contributed by atoms with Crippen LogP contribution >= 0.6 is 0 Å². The first-order valence-corrected chi connectivity index (χ1v) is 20.6. The van der Waals surface area contributed by atoms with Gasteiger partial charge in [-0.25, -0.2) is 0 Å². The number of hydroxylamine groups is 2. The minimum absolute atomic E-state index is 0.249. The molecule has 62 heavy (non-hydrogen) atoms. The van der Waals surface area contributed by atoms with Gasteiger partial charge in [0.25, 0.3) is 5.91 Å². The van der Waals surface area contributed by atoms with E-state index in [2.05, 4.69) is 45.6 Å². The van der Waals surface area contributed by atoms with Gasteiger partial charge in [0.2, 0.25) is 29.5 Å². The molecule has 0 aliphatic carbocycles. The fraction of sp³-hybridized carbons (Fsp3) is 0.548. The highest BCUT2D eigenvalue weighted by molar-refractivity contribution is 6.43. The van der Waals surface area contributed by atoms with E-state index in [0.717, 1.165) is 35.3 Å². The minimum atomic E-state index is -1.96. The quantitative estimate of drug-likeness (QED) is 0.0367. The van der Waals surface area contributed by atoms with Crippen molar-refractivity contribution in [2.45, 2.75) is 123 Å². The molecule has 7 atom stereocenters. The molecule has 20 heteroatoms. The molecule has 2 rings (SSSR count). The predicted molar refractivity (Wildman–Crippen MR) is 232 cm³/mol. The number of benzene rings is 2. The number of unbranched alkanes of at least 4 members (excludes halogenated alkanes) is 1. The summed E-state index contributed by atoms with van der Waals surface area (Å²) < 4.78 is 0. The number of carbonyl (C=O) groups excluding carboxylic acids is 7. The number of hydrogen-bond donors (Lipinski definition) is 10. The zero-order valence-corrected chi connectivity index (χ0v) is 37.1. The second kappa shape index (κ2) is 24.4. The van der Waals surface area contributed by atoms with Crippen molar-refractivity contribution in [3.63, 3.8) is 0 Å². The Labute approximate surface area is 363 Å². The highest BCUT2D eigenvalue weighted by atomic mass is 16.5. The van der Waals surface area contributed by atoms with Crippen LogP contribution in [0.5, 0.6) is 0 Å². The molecule has 2 aromatic rings. The van der Waals surface area contributed by atoms with Gasteiger partial charge in [-0.15, -0.1) is 0 Å². The Morgan fingerprint density at radius 2 is 1.31 bits per heavy atom. The summed E-state index contributed by atoms with van der Waals surface area (Å²) in [7, 11) is -0.621. The summed E-state index contributed by atoms with van der Waals surface area (Å²) in [6.45, 7) is 10.6. The average molecular weight is 869 g/mol. The van der Waals surface area contributed by atoms with E-state index in [0.29, 0.717) is 5.06 Å². The Morgan fingerprint density at radius 3 is 1.81 bits per heavy atom. The number of nitrogens with zero attached hydrogens (tertiary/aromatic N) is 2. The van der Waals surface area contributed by atoms with Crippen LogP contribution in [0.2, 0.25) is 0 Å². The van der Waals surface area contributed by atoms with Crippen LogP contribution in [0.3, 0.4) is 0 Å². The maximum Gasteiger partial charge on any atom is 0.472 e. The molecule has 0 heterocycles. The van der Waals surface area contributed by atoms with Crippen LogP contribution in [0.25, 0.3) is 11.1 Å². The first-order valence-electron chi connectivity index (χ1n) is 20.6. The number of Topliss-reactive ketones (excluding diaryl/α,β-unsaturated/α-hetero) is 1. The van der Waals surface area contributed by atoms with Gasteiger partial charge in [-0.1, -0.05) is 63.6 Å². The number of nitrogens with one attached hydrogen (secondary N) is 5. The van der Waals surface area contributed by atoms with Crippen molar-refractivity contribution in [3.8, 4) is 11.1 Å². The number of amides is 6. The van der Waals surface area contributed by atoms with E-state index < -0.39 is 109 Å². The molecule has 0 spiro atoms. The van der Waals surface area contributed by atoms with Gasteiger partial charge in [-0.3, -0.25) is 33.6 Å². The van der Waals surface area contributed by atoms with E-state index in [-0.39, 0.29) is 12.0 Å². The Morgan fingerprint density at radius 1 is 0.774 bits per heavy atom. The molecule has 342 valence electrons. The summed E-state index contributed by atoms with van der Waals surface area (Å²) in [5, 5.41) is 51.9. The lowest BCUT2D eigenvalue weighted by molar-refractivity contribution is -0.185. The van der Waals surface area contributed by atoms with Gasteiger partial charge >= 0.3 is 7.12 Å². The smallest absolute Gasteiger partial charge is 0.426 e. The molecule has 1 unspecified atom stereocenters. The molecule has 0 bridgehead atoms. The van der Waals surface area contributed by atoms with Crippen molar-refractivity contribution in [1.82, 2.24) is 36.5 Å². The van der Waals surface area contributed by atoms with Crippen molar-refractivity contribution in [1.29, 1.82) is 0 Å². The fourth-order valence-corrected chi connectivity index (χ4v) is 6.45. The van der Waals surface area contributed by atoms with Crippen LogP contribution in [0, 0.1) is 5.92 Å². The van der Waals surface area contributed by atoms with Gasteiger partial charge in [0.05, 0.1) is 30.8 Å². The molecule has 0 aliphatic rings. The standard InChI is InChI=1S/C42H65BN8O11/c1-10-11-12-29-13-15-30(16-14-29)31-17-19-32(20-18-31)39(57)49-34(23-52)40(58)46-25(4)37(55)45-22-35(54)50(9)36(24(2)3)41(59)47-26(5)38(56)48-33(27(6)53)21-42(8,44)51(62)28(7)43(60)61/h13-20,24-26,28,33-34,36,52,60-62H,10-12,21-23,44H2,1-9H3,(H,45,55)(H,46,58)(H,47,59)(H,48,56)(H,49,57)/t25-,26+,28+,33+,34-,36+,42?/m1/s1. The molecule has 0 fully saturated rings. The number of aliphatic hydroxyl groups excluding tert-OH is 1. The van der Waals surface area contributed by atoms with Crippen molar-refractivity contribution >= 4 is 48.3 Å². The zero-order valence-electron chi connectivity index (χ0n) is 37.1.